The molecular weight excluding hydrogens is 435 g/mol. The third kappa shape index (κ3) is 5.46. The standard InChI is InChI=1S/C26H33FN4O3/c1-5-29-8-10-30(11-9-29)15-19-6-7-20(12-23(19)27)31(26(28)16-32)18(4)22-13-21(17(2)3)24(33)14-25(22)34/h6-7,12-14,16-17,28,33-34H,4-5,8-11,15H2,1-3H3. The maximum absolute atomic E-state index is 15.1. The maximum atomic E-state index is 15.1. The number of likely N-dealkylation sites (N-methyl/N-ethyl adjacent to an activating group) is 1. The van der Waals surface area contributed by atoms with Crippen molar-refractivity contribution in [3.8, 4) is 11.5 Å². The molecule has 0 aliphatic carbocycles. The lowest BCUT2D eigenvalue weighted by molar-refractivity contribution is -0.102. The number of piperazine rings is 1. The van der Waals surface area contributed by atoms with Crippen LogP contribution in [0.2, 0.25) is 0 Å². The Morgan fingerprint density at radius 3 is 2.35 bits per heavy atom. The van der Waals surface area contributed by atoms with Crippen molar-refractivity contribution in [3.05, 3.63) is 59.4 Å². The predicted molar refractivity (Wildman–Crippen MR) is 133 cm³/mol. The monoisotopic (exact) mass is 468 g/mol. The van der Waals surface area contributed by atoms with Crippen LogP contribution in [0.15, 0.2) is 36.9 Å². The van der Waals surface area contributed by atoms with E-state index in [0.717, 1.165) is 32.7 Å². The summed E-state index contributed by atoms with van der Waals surface area (Å²) in [6.07, 6.45) is 0.338. The highest BCUT2D eigenvalue weighted by atomic mass is 19.1. The van der Waals surface area contributed by atoms with Crippen LogP contribution in [-0.2, 0) is 11.3 Å². The first-order valence-corrected chi connectivity index (χ1v) is 11.5. The lowest BCUT2D eigenvalue weighted by Gasteiger charge is -2.34. The molecule has 0 bridgehead atoms. The number of hydrogen-bond donors (Lipinski definition) is 3. The van der Waals surface area contributed by atoms with Gasteiger partial charge >= 0.3 is 0 Å². The van der Waals surface area contributed by atoms with Crippen LogP contribution < -0.4 is 4.90 Å². The van der Waals surface area contributed by atoms with Crippen molar-refractivity contribution in [2.75, 3.05) is 37.6 Å². The Kier molecular flexibility index (Phi) is 8.06. The summed E-state index contributed by atoms with van der Waals surface area (Å²) in [4.78, 5) is 17.3. The number of phenolic OH excluding ortho intramolecular Hbond substituents is 2. The van der Waals surface area contributed by atoms with Gasteiger partial charge in [0.05, 0.1) is 11.4 Å². The Labute approximate surface area is 200 Å². The molecule has 1 aliphatic heterocycles. The molecule has 0 radical (unpaired) electrons. The molecule has 0 aromatic heterocycles. The fourth-order valence-electron chi connectivity index (χ4n) is 4.21. The molecule has 8 heteroatoms. The number of aromatic hydroxyl groups is 2. The zero-order chi connectivity index (χ0) is 25.0. The number of benzene rings is 2. The minimum Gasteiger partial charge on any atom is -0.508 e. The lowest BCUT2D eigenvalue weighted by Crippen LogP contribution is -2.45. The second kappa shape index (κ2) is 10.8. The Bertz CT molecular complexity index is 1080. The average molecular weight is 469 g/mol. The van der Waals surface area contributed by atoms with Gasteiger partial charge in [0, 0.05) is 49.9 Å². The number of carbonyl (C=O) groups is 1. The van der Waals surface area contributed by atoms with Gasteiger partial charge in [0.25, 0.3) is 0 Å². The van der Waals surface area contributed by atoms with Gasteiger partial charge < -0.3 is 15.1 Å². The third-order valence-electron chi connectivity index (χ3n) is 6.30. The van der Waals surface area contributed by atoms with Crippen molar-refractivity contribution in [1.29, 1.82) is 5.41 Å². The van der Waals surface area contributed by atoms with Gasteiger partial charge in [-0.3, -0.25) is 20.0 Å². The number of nitrogens with zero attached hydrogens (tertiary/aromatic N) is 3. The quantitative estimate of drug-likeness (QED) is 0.306. The Hall–Kier alpha value is -3.23. The number of aldehydes is 1. The molecule has 0 saturated carbocycles. The van der Waals surface area contributed by atoms with E-state index < -0.39 is 11.7 Å². The van der Waals surface area contributed by atoms with E-state index in [4.69, 9.17) is 5.41 Å². The van der Waals surface area contributed by atoms with Gasteiger partial charge in [-0.2, -0.15) is 0 Å². The van der Waals surface area contributed by atoms with Gasteiger partial charge in [-0.25, -0.2) is 4.39 Å². The SMILES string of the molecule is C=C(c1cc(C(C)C)c(O)cc1O)N(C(=N)C=O)c1ccc(CN2CCN(CC)CC2)c(F)c1. The number of anilines is 1. The van der Waals surface area contributed by atoms with E-state index in [1.54, 1.807) is 18.2 Å². The van der Waals surface area contributed by atoms with E-state index in [1.807, 2.05) is 13.8 Å². The summed E-state index contributed by atoms with van der Waals surface area (Å²) in [7, 11) is 0. The smallest absolute Gasteiger partial charge is 0.185 e. The largest absolute Gasteiger partial charge is 0.508 e. The van der Waals surface area contributed by atoms with Crippen molar-refractivity contribution < 1.29 is 19.4 Å². The van der Waals surface area contributed by atoms with Gasteiger partial charge in [-0.05, 0) is 36.2 Å². The number of amidine groups is 1. The van der Waals surface area contributed by atoms with Crippen LogP contribution in [0.25, 0.3) is 5.70 Å². The number of carbonyl (C=O) groups excluding carboxylic acids is 1. The van der Waals surface area contributed by atoms with Crippen LogP contribution in [0.5, 0.6) is 11.5 Å². The molecule has 3 rings (SSSR count). The van der Waals surface area contributed by atoms with E-state index in [2.05, 4.69) is 23.3 Å². The lowest BCUT2D eigenvalue weighted by atomic mass is 9.97. The maximum Gasteiger partial charge on any atom is 0.185 e. The average Bonchev–Trinajstić information content (AvgIpc) is 2.81. The van der Waals surface area contributed by atoms with Gasteiger partial charge in [0.1, 0.15) is 17.3 Å². The number of nitrogens with one attached hydrogen (secondary N) is 1. The van der Waals surface area contributed by atoms with Crippen LogP contribution in [0.3, 0.4) is 0 Å². The predicted octanol–water partition coefficient (Wildman–Crippen LogP) is 4.15. The zero-order valence-corrected chi connectivity index (χ0v) is 20.0. The second-order valence-electron chi connectivity index (χ2n) is 8.85. The molecule has 3 N–H and O–H groups in total. The minimum atomic E-state index is -0.452. The van der Waals surface area contributed by atoms with Crippen LogP contribution in [0.1, 0.15) is 43.4 Å². The van der Waals surface area contributed by atoms with Crippen molar-refractivity contribution in [2.45, 2.75) is 33.2 Å². The molecule has 7 nitrogen and oxygen atoms in total. The first-order valence-electron chi connectivity index (χ1n) is 11.5. The zero-order valence-electron chi connectivity index (χ0n) is 20.0. The first kappa shape index (κ1) is 25.4. The van der Waals surface area contributed by atoms with E-state index in [1.165, 1.54) is 17.0 Å². The van der Waals surface area contributed by atoms with E-state index in [0.29, 0.717) is 24.0 Å². The summed E-state index contributed by atoms with van der Waals surface area (Å²) in [6.45, 7) is 15.0. The molecule has 2 aromatic rings. The van der Waals surface area contributed by atoms with Crippen LogP contribution >= 0.6 is 0 Å². The summed E-state index contributed by atoms with van der Waals surface area (Å²) >= 11 is 0. The summed E-state index contributed by atoms with van der Waals surface area (Å²) in [6, 6.07) is 7.36. The topological polar surface area (TPSA) is 91.1 Å². The van der Waals surface area contributed by atoms with E-state index in [-0.39, 0.29) is 34.4 Å². The molecule has 1 fully saturated rings. The van der Waals surface area contributed by atoms with Gasteiger partial charge in [0.15, 0.2) is 12.1 Å². The summed E-state index contributed by atoms with van der Waals surface area (Å²) in [5, 5.41) is 28.8. The number of rotatable bonds is 8. The molecule has 2 aromatic carbocycles. The minimum absolute atomic E-state index is 0.0398. The molecule has 1 aliphatic rings. The molecule has 182 valence electrons. The molecule has 0 amide bonds. The van der Waals surface area contributed by atoms with Crippen LogP contribution in [0.4, 0.5) is 10.1 Å². The molecule has 1 saturated heterocycles. The molecule has 34 heavy (non-hydrogen) atoms. The molecule has 0 unspecified atom stereocenters. The van der Waals surface area contributed by atoms with Gasteiger partial charge in [-0.1, -0.05) is 33.4 Å². The Morgan fingerprint density at radius 1 is 1.15 bits per heavy atom. The van der Waals surface area contributed by atoms with Crippen molar-refractivity contribution in [1.82, 2.24) is 9.80 Å². The normalized spacial score (nSPS) is 14.9. The van der Waals surface area contributed by atoms with Gasteiger partial charge in [0.2, 0.25) is 0 Å². The highest BCUT2D eigenvalue weighted by Gasteiger charge is 2.23. The molecule has 1 heterocycles. The fraction of sp³-hybridized carbons (Fsp3) is 0.385. The molecule has 0 spiro atoms. The highest BCUT2D eigenvalue weighted by Crippen LogP contribution is 2.37. The first-order chi connectivity index (χ1) is 16.2. The van der Waals surface area contributed by atoms with Crippen LogP contribution in [-0.4, -0.2) is 64.9 Å². The Morgan fingerprint density at radius 2 is 1.79 bits per heavy atom. The van der Waals surface area contributed by atoms with E-state index >= 15 is 4.39 Å². The van der Waals surface area contributed by atoms with Gasteiger partial charge in [-0.15, -0.1) is 0 Å². The molecular formula is C26H33FN4O3. The van der Waals surface area contributed by atoms with Crippen molar-refractivity contribution in [2.24, 2.45) is 0 Å². The fourth-order valence-corrected chi connectivity index (χ4v) is 4.21. The number of phenols is 2. The summed E-state index contributed by atoms with van der Waals surface area (Å²) < 4.78 is 15.1. The third-order valence-corrected chi connectivity index (χ3v) is 6.30. The summed E-state index contributed by atoms with van der Waals surface area (Å²) in [5.74, 6) is -1.24. The Balaban J connectivity index is 1.90. The van der Waals surface area contributed by atoms with Crippen molar-refractivity contribution >= 4 is 23.5 Å². The highest BCUT2D eigenvalue weighted by molar-refractivity contribution is 6.35. The molecule has 0 atom stereocenters. The second-order valence-corrected chi connectivity index (χ2v) is 8.85. The van der Waals surface area contributed by atoms with Crippen LogP contribution in [0, 0.1) is 11.2 Å². The van der Waals surface area contributed by atoms with E-state index in [9.17, 15) is 15.0 Å². The summed E-state index contributed by atoms with van der Waals surface area (Å²) in [5.41, 5.74) is 1.73. The van der Waals surface area contributed by atoms with Crippen molar-refractivity contribution in [3.63, 3.8) is 0 Å². The number of hydrogen-bond acceptors (Lipinski definition) is 6. The number of halogens is 1.